The average molecular weight is 258 g/mol. The van der Waals surface area contributed by atoms with Gasteiger partial charge in [0.25, 0.3) is 0 Å². The summed E-state index contributed by atoms with van der Waals surface area (Å²) in [6.07, 6.45) is 9.78. The maximum absolute atomic E-state index is 11.9. The van der Waals surface area contributed by atoms with Gasteiger partial charge in [0.1, 0.15) is 0 Å². The molecule has 0 aromatic rings. The summed E-state index contributed by atoms with van der Waals surface area (Å²) < 4.78 is 0. The summed E-state index contributed by atoms with van der Waals surface area (Å²) in [5, 5.41) is 3.05. The highest BCUT2D eigenvalue weighted by molar-refractivity contribution is 7.98. The zero-order valence-corrected chi connectivity index (χ0v) is 11.7. The van der Waals surface area contributed by atoms with Crippen LogP contribution >= 0.6 is 11.8 Å². The van der Waals surface area contributed by atoms with Crippen molar-refractivity contribution in [1.29, 1.82) is 0 Å². The van der Waals surface area contributed by atoms with Crippen LogP contribution in [0.4, 0.5) is 0 Å². The van der Waals surface area contributed by atoms with Crippen molar-refractivity contribution < 1.29 is 4.79 Å². The van der Waals surface area contributed by atoms with E-state index in [0.29, 0.717) is 0 Å². The van der Waals surface area contributed by atoms with Crippen molar-refractivity contribution in [3.05, 3.63) is 0 Å². The van der Waals surface area contributed by atoms with Gasteiger partial charge >= 0.3 is 0 Å². The normalized spacial score (nSPS) is 24.6. The van der Waals surface area contributed by atoms with E-state index in [1.807, 2.05) is 11.8 Å². The van der Waals surface area contributed by atoms with Crippen molar-refractivity contribution in [2.24, 2.45) is 11.7 Å². The van der Waals surface area contributed by atoms with Crippen LogP contribution in [-0.2, 0) is 4.79 Å². The number of nitrogens with two attached hydrogens (primary N) is 1. The van der Waals surface area contributed by atoms with Gasteiger partial charge in [0.05, 0.1) is 0 Å². The first kappa shape index (κ1) is 14.8. The number of carbonyl (C=O) groups is 1. The van der Waals surface area contributed by atoms with Crippen LogP contribution < -0.4 is 11.1 Å². The highest BCUT2D eigenvalue weighted by Crippen LogP contribution is 2.23. The molecule has 0 saturated heterocycles. The molecule has 2 atom stereocenters. The number of nitrogens with one attached hydrogen (secondary N) is 1. The second-order valence-electron chi connectivity index (χ2n) is 4.97. The van der Waals surface area contributed by atoms with Crippen molar-refractivity contribution in [2.45, 2.75) is 51.0 Å². The van der Waals surface area contributed by atoms with Crippen LogP contribution in [0.2, 0.25) is 0 Å². The van der Waals surface area contributed by atoms with Crippen LogP contribution in [0.25, 0.3) is 0 Å². The molecule has 0 aliphatic heterocycles. The Labute approximate surface area is 109 Å². The van der Waals surface area contributed by atoms with E-state index in [4.69, 9.17) is 5.73 Å². The third kappa shape index (κ3) is 6.32. The van der Waals surface area contributed by atoms with Gasteiger partial charge in [-0.3, -0.25) is 4.79 Å². The summed E-state index contributed by atoms with van der Waals surface area (Å²) in [7, 11) is 0. The van der Waals surface area contributed by atoms with Crippen molar-refractivity contribution >= 4 is 17.7 Å². The lowest BCUT2D eigenvalue weighted by Gasteiger charge is -2.25. The fraction of sp³-hybridized carbons (Fsp3) is 0.923. The van der Waals surface area contributed by atoms with E-state index >= 15 is 0 Å². The third-order valence-electron chi connectivity index (χ3n) is 3.41. The molecule has 1 aliphatic rings. The molecule has 3 N–H and O–H groups in total. The summed E-state index contributed by atoms with van der Waals surface area (Å²) in [5.74, 6) is 1.63. The second-order valence-corrected chi connectivity index (χ2v) is 5.95. The Balaban J connectivity index is 2.04. The number of amides is 1. The zero-order valence-electron chi connectivity index (χ0n) is 10.9. The van der Waals surface area contributed by atoms with Gasteiger partial charge in [-0.25, -0.2) is 0 Å². The largest absolute Gasteiger partial charge is 0.356 e. The lowest BCUT2D eigenvalue weighted by atomic mass is 9.85. The molecule has 0 aromatic carbocycles. The molecular formula is C13H26N2OS. The minimum absolute atomic E-state index is 0.171. The molecule has 17 heavy (non-hydrogen) atoms. The van der Waals surface area contributed by atoms with Crippen LogP contribution in [0.1, 0.15) is 44.9 Å². The lowest BCUT2D eigenvalue weighted by molar-refractivity contribution is -0.126. The number of hydrogen-bond acceptors (Lipinski definition) is 3. The molecule has 1 fully saturated rings. The first-order valence-corrected chi connectivity index (χ1v) is 8.15. The molecule has 1 rings (SSSR count). The van der Waals surface area contributed by atoms with E-state index in [1.54, 1.807) is 0 Å². The van der Waals surface area contributed by atoms with Gasteiger partial charge < -0.3 is 11.1 Å². The number of unbranched alkanes of at least 4 members (excludes halogenated alkanes) is 2. The summed E-state index contributed by atoms with van der Waals surface area (Å²) in [6.45, 7) is 0.832. The van der Waals surface area contributed by atoms with E-state index < -0.39 is 0 Å². The van der Waals surface area contributed by atoms with E-state index in [2.05, 4.69) is 11.6 Å². The predicted molar refractivity (Wildman–Crippen MR) is 75.2 cm³/mol. The van der Waals surface area contributed by atoms with E-state index in [-0.39, 0.29) is 17.9 Å². The molecular weight excluding hydrogens is 232 g/mol. The lowest BCUT2D eigenvalue weighted by Crippen LogP contribution is -2.38. The molecule has 0 heterocycles. The zero-order chi connectivity index (χ0) is 12.5. The van der Waals surface area contributed by atoms with Gasteiger partial charge in [0.15, 0.2) is 0 Å². The van der Waals surface area contributed by atoms with Gasteiger partial charge in [0.2, 0.25) is 5.91 Å². The Morgan fingerprint density at radius 3 is 2.88 bits per heavy atom. The molecule has 3 nitrogen and oxygen atoms in total. The molecule has 0 spiro atoms. The van der Waals surface area contributed by atoms with Crippen molar-refractivity contribution in [1.82, 2.24) is 5.32 Å². The Hall–Kier alpha value is -0.220. The Morgan fingerprint density at radius 2 is 2.18 bits per heavy atom. The van der Waals surface area contributed by atoms with Gasteiger partial charge in [-0.2, -0.15) is 11.8 Å². The van der Waals surface area contributed by atoms with Crippen LogP contribution in [0.15, 0.2) is 0 Å². The average Bonchev–Trinajstić information content (AvgIpc) is 2.33. The smallest absolute Gasteiger partial charge is 0.223 e. The summed E-state index contributed by atoms with van der Waals surface area (Å²) in [4.78, 5) is 11.9. The van der Waals surface area contributed by atoms with Crippen molar-refractivity contribution in [3.63, 3.8) is 0 Å². The molecule has 1 aliphatic carbocycles. The predicted octanol–water partition coefficient (Wildman–Crippen LogP) is 2.15. The molecule has 0 bridgehead atoms. The van der Waals surface area contributed by atoms with Crippen LogP contribution in [0.3, 0.4) is 0 Å². The maximum Gasteiger partial charge on any atom is 0.223 e. The first-order chi connectivity index (χ1) is 8.24. The molecule has 0 radical (unpaired) electrons. The summed E-state index contributed by atoms with van der Waals surface area (Å²) >= 11 is 1.89. The number of carbonyl (C=O) groups excluding carboxylic acids is 1. The molecule has 2 unspecified atom stereocenters. The van der Waals surface area contributed by atoms with E-state index in [1.165, 1.54) is 18.6 Å². The summed E-state index contributed by atoms with van der Waals surface area (Å²) in [6, 6.07) is 0.237. The van der Waals surface area contributed by atoms with Crippen LogP contribution in [0, 0.1) is 5.92 Å². The SMILES string of the molecule is CSCCCCCNC(=O)C1CCCC(N)C1. The Bertz CT molecular complexity index is 223. The third-order valence-corrected chi connectivity index (χ3v) is 4.11. The van der Waals surface area contributed by atoms with Crippen molar-refractivity contribution in [2.75, 3.05) is 18.6 Å². The highest BCUT2D eigenvalue weighted by Gasteiger charge is 2.24. The highest BCUT2D eigenvalue weighted by atomic mass is 32.2. The number of rotatable bonds is 7. The molecule has 100 valence electrons. The van der Waals surface area contributed by atoms with Crippen LogP contribution in [0.5, 0.6) is 0 Å². The quantitative estimate of drug-likeness (QED) is 0.688. The number of thioether (sulfide) groups is 1. The van der Waals surface area contributed by atoms with E-state index in [9.17, 15) is 4.79 Å². The number of hydrogen-bond donors (Lipinski definition) is 2. The molecule has 4 heteroatoms. The first-order valence-electron chi connectivity index (χ1n) is 6.76. The fourth-order valence-electron chi connectivity index (χ4n) is 2.37. The molecule has 0 aromatic heterocycles. The minimum Gasteiger partial charge on any atom is -0.356 e. The van der Waals surface area contributed by atoms with Gasteiger partial charge in [-0.05, 0) is 44.1 Å². The molecule has 1 amide bonds. The van der Waals surface area contributed by atoms with Gasteiger partial charge in [0, 0.05) is 18.5 Å². The second kappa shape index (κ2) is 8.81. The maximum atomic E-state index is 11.9. The monoisotopic (exact) mass is 258 g/mol. The standard InChI is InChI=1S/C13H26N2OS/c1-17-9-4-2-3-8-15-13(16)11-6-5-7-12(14)10-11/h11-12H,2-10,14H2,1H3,(H,15,16). The molecule has 1 saturated carbocycles. The fourth-order valence-corrected chi connectivity index (χ4v) is 2.86. The van der Waals surface area contributed by atoms with Crippen LogP contribution in [-0.4, -0.2) is 30.5 Å². The van der Waals surface area contributed by atoms with Crippen molar-refractivity contribution in [3.8, 4) is 0 Å². The van der Waals surface area contributed by atoms with Gasteiger partial charge in [-0.1, -0.05) is 12.8 Å². The van der Waals surface area contributed by atoms with Gasteiger partial charge in [-0.15, -0.1) is 0 Å². The Morgan fingerprint density at radius 1 is 1.35 bits per heavy atom. The minimum atomic E-state index is 0.171. The van der Waals surface area contributed by atoms with E-state index in [0.717, 1.165) is 38.6 Å². The Kier molecular flexibility index (Phi) is 7.69. The summed E-state index contributed by atoms with van der Waals surface area (Å²) in [5.41, 5.74) is 5.89. The topological polar surface area (TPSA) is 55.1 Å².